The maximum absolute atomic E-state index is 12.5. The Morgan fingerprint density at radius 1 is 1.56 bits per heavy atom. The van der Waals surface area contributed by atoms with Crippen molar-refractivity contribution in [1.29, 1.82) is 0 Å². The molecular weight excluding hydrogens is 246 g/mol. The van der Waals surface area contributed by atoms with Crippen LogP contribution < -0.4 is 5.73 Å². The fraction of sp³-hybridized carbons (Fsp3) is 0.615. The van der Waals surface area contributed by atoms with E-state index in [0.717, 1.165) is 32.5 Å². The standard InChI is InChI=1S/C13H21N3OS/c1-3-10-9-15(2)6-4-7-16(10)13(17)12-11(14)5-8-18-12/h5,8,10H,3-4,6-7,9,14H2,1-2H3. The summed E-state index contributed by atoms with van der Waals surface area (Å²) in [5.74, 6) is 0.102. The van der Waals surface area contributed by atoms with E-state index in [0.29, 0.717) is 16.6 Å². The molecule has 1 aromatic heterocycles. The lowest BCUT2D eigenvalue weighted by atomic mass is 10.1. The van der Waals surface area contributed by atoms with Crippen LogP contribution >= 0.6 is 11.3 Å². The number of hydrogen-bond acceptors (Lipinski definition) is 4. The summed E-state index contributed by atoms with van der Waals surface area (Å²) in [5.41, 5.74) is 6.46. The second kappa shape index (κ2) is 5.71. The Bertz CT molecular complexity index is 418. The van der Waals surface area contributed by atoms with Crippen LogP contribution in [0, 0.1) is 0 Å². The number of thiophene rings is 1. The second-order valence-corrected chi connectivity index (χ2v) is 5.80. The lowest BCUT2D eigenvalue weighted by Gasteiger charge is -2.30. The van der Waals surface area contributed by atoms with E-state index < -0.39 is 0 Å². The molecule has 1 saturated heterocycles. The predicted octanol–water partition coefficient (Wildman–Crippen LogP) is 1.89. The zero-order chi connectivity index (χ0) is 13.1. The van der Waals surface area contributed by atoms with Crippen LogP contribution in [0.15, 0.2) is 11.4 Å². The molecule has 0 bridgehead atoms. The third kappa shape index (κ3) is 2.67. The highest BCUT2D eigenvalue weighted by Crippen LogP contribution is 2.23. The smallest absolute Gasteiger partial charge is 0.266 e. The van der Waals surface area contributed by atoms with Gasteiger partial charge in [-0.1, -0.05) is 6.92 Å². The largest absolute Gasteiger partial charge is 0.397 e. The van der Waals surface area contributed by atoms with E-state index in [9.17, 15) is 4.79 Å². The first-order valence-electron chi connectivity index (χ1n) is 6.46. The molecule has 1 unspecified atom stereocenters. The molecule has 0 saturated carbocycles. The van der Waals surface area contributed by atoms with Gasteiger partial charge < -0.3 is 15.5 Å². The minimum Gasteiger partial charge on any atom is -0.397 e. The first-order valence-corrected chi connectivity index (χ1v) is 7.34. The average molecular weight is 267 g/mol. The van der Waals surface area contributed by atoms with Gasteiger partial charge in [-0.25, -0.2) is 0 Å². The number of nitrogens with two attached hydrogens (primary N) is 1. The molecule has 100 valence electrons. The van der Waals surface area contributed by atoms with Crippen LogP contribution in [-0.2, 0) is 0 Å². The monoisotopic (exact) mass is 267 g/mol. The van der Waals surface area contributed by atoms with Gasteiger partial charge in [0.1, 0.15) is 4.88 Å². The third-order valence-corrected chi connectivity index (χ3v) is 4.44. The molecule has 5 heteroatoms. The highest BCUT2D eigenvalue weighted by molar-refractivity contribution is 7.12. The van der Waals surface area contributed by atoms with E-state index in [2.05, 4.69) is 18.9 Å². The van der Waals surface area contributed by atoms with E-state index in [-0.39, 0.29) is 5.91 Å². The molecule has 4 nitrogen and oxygen atoms in total. The minimum atomic E-state index is 0.102. The van der Waals surface area contributed by atoms with Crippen LogP contribution in [0.3, 0.4) is 0 Å². The molecular formula is C13H21N3OS. The van der Waals surface area contributed by atoms with Crippen molar-refractivity contribution in [2.75, 3.05) is 32.4 Å². The Kier molecular flexibility index (Phi) is 4.24. The molecule has 1 aromatic rings. The number of anilines is 1. The van der Waals surface area contributed by atoms with Crippen molar-refractivity contribution in [2.24, 2.45) is 0 Å². The Morgan fingerprint density at radius 2 is 2.33 bits per heavy atom. The molecule has 1 aliphatic rings. The van der Waals surface area contributed by atoms with Gasteiger partial charge in [0.15, 0.2) is 0 Å². The van der Waals surface area contributed by atoms with Gasteiger partial charge in [-0.05, 0) is 37.9 Å². The molecule has 2 rings (SSSR count). The Balaban J connectivity index is 2.19. The molecule has 1 amide bonds. The van der Waals surface area contributed by atoms with E-state index >= 15 is 0 Å². The topological polar surface area (TPSA) is 49.6 Å². The van der Waals surface area contributed by atoms with Crippen LogP contribution in [0.25, 0.3) is 0 Å². The number of rotatable bonds is 2. The van der Waals surface area contributed by atoms with E-state index in [1.807, 2.05) is 16.3 Å². The lowest BCUT2D eigenvalue weighted by molar-refractivity contribution is 0.0682. The van der Waals surface area contributed by atoms with Crippen LogP contribution in [0.5, 0.6) is 0 Å². The summed E-state index contributed by atoms with van der Waals surface area (Å²) in [7, 11) is 2.12. The van der Waals surface area contributed by atoms with Gasteiger partial charge in [-0.15, -0.1) is 11.3 Å². The molecule has 0 radical (unpaired) electrons. The molecule has 0 aliphatic carbocycles. The number of likely N-dealkylation sites (N-methyl/N-ethyl adjacent to an activating group) is 1. The molecule has 1 aliphatic heterocycles. The Hall–Kier alpha value is -1.07. The van der Waals surface area contributed by atoms with Crippen molar-refractivity contribution < 1.29 is 4.79 Å². The predicted molar refractivity (Wildman–Crippen MR) is 76.0 cm³/mol. The molecule has 0 spiro atoms. The normalized spacial score (nSPS) is 21.9. The first-order chi connectivity index (χ1) is 8.63. The number of amides is 1. The summed E-state index contributed by atoms with van der Waals surface area (Å²) in [6.07, 6.45) is 2.02. The fourth-order valence-electron chi connectivity index (χ4n) is 2.48. The zero-order valence-corrected chi connectivity index (χ0v) is 11.9. The van der Waals surface area contributed by atoms with Gasteiger partial charge in [0.05, 0.1) is 5.69 Å². The summed E-state index contributed by atoms with van der Waals surface area (Å²) in [6, 6.07) is 2.11. The summed E-state index contributed by atoms with van der Waals surface area (Å²) >= 11 is 1.44. The Labute approximate surface area is 112 Å². The SMILES string of the molecule is CCC1CN(C)CCCN1C(=O)c1sccc1N. The van der Waals surface area contributed by atoms with Crippen LogP contribution in [0.4, 0.5) is 5.69 Å². The second-order valence-electron chi connectivity index (χ2n) is 4.88. The number of hydrogen-bond donors (Lipinski definition) is 1. The first kappa shape index (κ1) is 13.4. The number of nitrogens with zero attached hydrogens (tertiary/aromatic N) is 2. The van der Waals surface area contributed by atoms with Gasteiger partial charge in [-0.3, -0.25) is 4.79 Å². The molecule has 2 heterocycles. The lowest BCUT2D eigenvalue weighted by Crippen LogP contribution is -2.43. The van der Waals surface area contributed by atoms with Crippen LogP contribution in [0.1, 0.15) is 29.4 Å². The Morgan fingerprint density at radius 3 is 2.94 bits per heavy atom. The van der Waals surface area contributed by atoms with Gasteiger partial charge in [0, 0.05) is 19.1 Å². The zero-order valence-electron chi connectivity index (χ0n) is 11.1. The van der Waals surface area contributed by atoms with Crippen molar-refractivity contribution in [3.8, 4) is 0 Å². The van der Waals surface area contributed by atoms with Crippen molar-refractivity contribution >= 4 is 22.9 Å². The van der Waals surface area contributed by atoms with Crippen molar-refractivity contribution in [1.82, 2.24) is 9.80 Å². The highest BCUT2D eigenvalue weighted by Gasteiger charge is 2.28. The van der Waals surface area contributed by atoms with Gasteiger partial charge >= 0.3 is 0 Å². The molecule has 18 heavy (non-hydrogen) atoms. The quantitative estimate of drug-likeness (QED) is 0.890. The van der Waals surface area contributed by atoms with Gasteiger partial charge in [0.2, 0.25) is 0 Å². The number of carbonyl (C=O) groups is 1. The van der Waals surface area contributed by atoms with E-state index in [1.165, 1.54) is 11.3 Å². The summed E-state index contributed by atoms with van der Waals surface area (Å²) in [5, 5.41) is 1.88. The van der Waals surface area contributed by atoms with Crippen LogP contribution in [0.2, 0.25) is 0 Å². The fourth-order valence-corrected chi connectivity index (χ4v) is 3.26. The van der Waals surface area contributed by atoms with Crippen molar-refractivity contribution in [3.05, 3.63) is 16.3 Å². The highest BCUT2D eigenvalue weighted by atomic mass is 32.1. The molecule has 1 fully saturated rings. The molecule has 0 aromatic carbocycles. The summed E-state index contributed by atoms with van der Waals surface area (Å²) in [4.78, 5) is 17.6. The van der Waals surface area contributed by atoms with Crippen molar-refractivity contribution in [2.45, 2.75) is 25.8 Å². The maximum atomic E-state index is 12.5. The van der Waals surface area contributed by atoms with Crippen LogP contribution in [-0.4, -0.2) is 48.4 Å². The van der Waals surface area contributed by atoms with Gasteiger partial charge in [-0.2, -0.15) is 0 Å². The minimum absolute atomic E-state index is 0.102. The molecule has 1 atom stereocenters. The summed E-state index contributed by atoms with van der Waals surface area (Å²) in [6.45, 7) is 4.98. The van der Waals surface area contributed by atoms with E-state index in [4.69, 9.17) is 5.73 Å². The maximum Gasteiger partial charge on any atom is 0.266 e. The van der Waals surface area contributed by atoms with E-state index in [1.54, 1.807) is 0 Å². The average Bonchev–Trinajstić information content (AvgIpc) is 2.68. The number of carbonyl (C=O) groups excluding carboxylic acids is 1. The van der Waals surface area contributed by atoms with Crippen molar-refractivity contribution in [3.63, 3.8) is 0 Å². The molecule has 2 N–H and O–H groups in total. The summed E-state index contributed by atoms with van der Waals surface area (Å²) < 4.78 is 0. The number of nitrogen functional groups attached to an aromatic ring is 1. The van der Waals surface area contributed by atoms with Gasteiger partial charge in [0.25, 0.3) is 5.91 Å². The third-order valence-electron chi connectivity index (χ3n) is 3.52.